The van der Waals surface area contributed by atoms with Crippen LogP contribution in [0.4, 0.5) is 0 Å². The summed E-state index contributed by atoms with van der Waals surface area (Å²) in [6.45, 7) is 1.49. The number of nitrogens with one attached hydrogen (secondary N) is 2. The van der Waals surface area contributed by atoms with Gasteiger partial charge in [0.05, 0.1) is 7.11 Å². The van der Waals surface area contributed by atoms with Gasteiger partial charge in [-0.25, -0.2) is 4.79 Å². The van der Waals surface area contributed by atoms with E-state index in [0.717, 1.165) is 10.9 Å². The normalized spacial score (nSPS) is 13.2. The Morgan fingerprint density at radius 2 is 1.96 bits per heavy atom. The van der Waals surface area contributed by atoms with Gasteiger partial charge in [0, 0.05) is 17.9 Å². The monoisotopic (exact) mass is 353 g/mol. The van der Waals surface area contributed by atoms with E-state index in [9.17, 15) is 14.7 Å². The molecule has 0 aliphatic carbocycles. The van der Waals surface area contributed by atoms with E-state index in [1.807, 2.05) is 30.3 Å². The minimum atomic E-state index is -1.44. The minimum Gasteiger partial charge on any atom is -0.481 e. The van der Waals surface area contributed by atoms with Crippen molar-refractivity contribution in [2.24, 2.45) is 0 Å². The number of carbonyl (C=O) groups excluding carboxylic acids is 1. The van der Waals surface area contributed by atoms with Gasteiger partial charge < -0.3 is 20.1 Å². The molecule has 3 N–H and O–H groups in total. The third-order valence-corrected chi connectivity index (χ3v) is 4.17. The van der Waals surface area contributed by atoms with Crippen molar-refractivity contribution in [3.05, 3.63) is 59.8 Å². The Hall–Kier alpha value is -3.35. The standard InChI is InChI=1S/C19H19N3O4/c1-19(18(24)25,11-12-6-4-3-5-7-12)22-17(23)14-10-13-8-9-15(26-2)21-16(13)20-14/h3-10H,11H2,1-2H3,(H,20,21)(H,22,23)(H,24,25). The number of nitrogens with zero attached hydrogens (tertiary/aromatic N) is 1. The molecule has 0 fully saturated rings. The van der Waals surface area contributed by atoms with Crippen molar-refractivity contribution in [2.45, 2.75) is 18.9 Å². The molecule has 1 amide bonds. The maximum Gasteiger partial charge on any atom is 0.329 e. The first kappa shape index (κ1) is 17.5. The fourth-order valence-corrected chi connectivity index (χ4v) is 2.72. The molecule has 2 aromatic heterocycles. The number of carboxylic acids is 1. The van der Waals surface area contributed by atoms with Crippen molar-refractivity contribution in [1.82, 2.24) is 15.3 Å². The maximum absolute atomic E-state index is 12.6. The smallest absolute Gasteiger partial charge is 0.329 e. The van der Waals surface area contributed by atoms with Gasteiger partial charge in [0.25, 0.3) is 5.91 Å². The van der Waals surface area contributed by atoms with Gasteiger partial charge in [-0.2, -0.15) is 4.98 Å². The molecule has 1 unspecified atom stereocenters. The molecular weight excluding hydrogens is 334 g/mol. The van der Waals surface area contributed by atoms with Crippen LogP contribution in [0.3, 0.4) is 0 Å². The molecule has 0 saturated carbocycles. The molecule has 0 bridgehead atoms. The Bertz CT molecular complexity index is 952. The summed E-state index contributed by atoms with van der Waals surface area (Å²) < 4.78 is 5.06. The summed E-state index contributed by atoms with van der Waals surface area (Å²) in [5, 5.41) is 13.0. The number of pyridine rings is 1. The van der Waals surface area contributed by atoms with Gasteiger partial charge >= 0.3 is 5.97 Å². The molecular formula is C19H19N3O4. The molecule has 7 heteroatoms. The highest BCUT2D eigenvalue weighted by Crippen LogP contribution is 2.19. The van der Waals surface area contributed by atoms with Gasteiger partial charge in [-0.15, -0.1) is 0 Å². The second-order valence-electron chi connectivity index (χ2n) is 6.23. The number of rotatable bonds is 6. The quantitative estimate of drug-likeness (QED) is 0.631. The summed E-state index contributed by atoms with van der Waals surface area (Å²) in [4.78, 5) is 31.5. The molecule has 1 atom stereocenters. The molecule has 26 heavy (non-hydrogen) atoms. The zero-order chi connectivity index (χ0) is 18.7. The third-order valence-electron chi connectivity index (χ3n) is 4.17. The van der Waals surface area contributed by atoms with Gasteiger partial charge in [-0.3, -0.25) is 4.79 Å². The summed E-state index contributed by atoms with van der Waals surface area (Å²) in [5.74, 6) is -1.20. The van der Waals surface area contributed by atoms with Crippen LogP contribution in [0.2, 0.25) is 0 Å². The summed E-state index contributed by atoms with van der Waals surface area (Å²) in [6, 6.07) is 14.3. The summed E-state index contributed by atoms with van der Waals surface area (Å²) in [5.41, 5.74) is 0.109. The Kier molecular flexibility index (Phi) is 4.62. The second-order valence-corrected chi connectivity index (χ2v) is 6.23. The van der Waals surface area contributed by atoms with E-state index in [0.29, 0.717) is 11.5 Å². The lowest BCUT2D eigenvalue weighted by Crippen LogP contribution is -2.53. The number of ether oxygens (including phenoxy) is 1. The Morgan fingerprint density at radius 3 is 2.62 bits per heavy atom. The lowest BCUT2D eigenvalue weighted by Gasteiger charge is -2.26. The van der Waals surface area contributed by atoms with Gasteiger partial charge in [0.2, 0.25) is 5.88 Å². The van der Waals surface area contributed by atoms with E-state index >= 15 is 0 Å². The number of hydrogen-bond donors (Lipinski definition) is 3. The van der Waals surface area contributed by atoms with E-state index in [-0.39, 0.29) is 12.1 Å². The number of aromatic nitrogens is 2. The van der Waals surface area contributed by atoms with Crippen LogP contribution in [0.1, 0.15) is 23.0 Å². The zero-order valence-corrected chi connectivity index (χ0v) is 14.4. The number of methoxy groups -OCH3 is 1. The van der Waals surface area contributed by atoms with Crippen LogP contribution >= 0.6 is 0 Å². The first-order chi connectivity index (χ1) is 12.4. The number of hydrogen-bond acceptors (Lipinski definition) is 4. The van der Waals surface area contributed by atoms with Crippen molar-refractivity contribution in [1.29, 1.82) is 0 Å². The first-order valence-electron chi connectivity index (χ1n) is 8.05. The van der Waals surface area contributed by atoms with Gasteiger partial charge in [-0.1, -0.05) is 30.3 Å². The lowest BCUT2D eigenvalue weighted by atomic mass is 9.92. The number of fused-ring (bicyclic) bond motifs is 1. The average Bonchev–Trinajstić information content (AvgIpc) is 3.05. The number of H-pyrrole nitrogens is 1. The molecule has 0 saturated heterocycles. The number of aliphatic carboxylic acids is 1. The van der Waals surface area contributed by atoms with Crippen molar-refractivity contribution in [3.63, 3.8) is 0 Å². The third kappa shape index (κ3) is 3.51. The predicted molar refractivity (Wildman–Crippen MR) is 96.3 cm³/mol. The molecule has 3 rings (SSSR count). The molecule has 3 aromatic rings. The highest BCUT2D eigenvalue weighted by molar-refractivity contribution is 6.00. The Labute approximate surface area is 150 Å². The Balaban J connectivity index is 1.85. The maximum atomic E-state index is 12.6. The number of aromatic amines is 1. The van der Waals surface area contributed by atoms with Crippen LogP contribution in [0.5, 0.6) is 5.88 Å². The van der Waals surface area contributed by atoms with Crippen LogP contribution in [-0.2, 0) is 11.2 Å². The summed E-state index contributed by atoms with van der Waals surface area (Å²) >= 11 is 0. The van der Waals surface area contributed by atoms with E-state index in [1.165, 1.54) is 14.0 Å². The largest absolute Gasteiger partial charge is 0.481 e. The van der Waals surface area contributed by atoms with Gasteiger partial charge in [-0.05, 0) is 24.6 Å². The van der Waals surface area contributed by atoms with E-state index in [1.54, 1.807) is 18.2 Å². The fourth-order valence-electron chi connectivity index (χ4n) is 2.72. The first-order valence-corrected chi connectivity index (χ1v) is 8.05. The van der Waals surface area contributed by atoms with Crippen LogP contribution in [0, 0.1) is 0 Å². The lowest BCUT2D eigenvalue weighted by molar-refractivity contribution is -0.143. The topological polar surface area (TPSA) is 104 Å². The van der Waals surface area contributed by atoms with Crippen molar-refractivity contribution >= 4 is 22.9 Å². The van der Waals surface area contributed by atoms with E-state index in [4.69, 9.17) is 4.74 Å². The number of carbonyl (C=O) groups is 2. The average molecular weight is 353 g/mol. The van der Waals surface area contributed by atoms with Crippen LogP contribution in [-0.4, -0.2) is 39.6 Å². The molecule has 0 aliphatic heterocycles. The Morgan fingerprint density at radius 1 is 1.23 bits per heavy atom. The SMILES string of the molecule is COc1ccc2cc(C(=O)NC(C)(Cc3ccccc3)C(=O)O)[nH]c2n1. The van der Waals surface area contributed by atoms with Crippen LogP contribution in [0.15, 0.2) is 48.5 Å². The van der Waals surface area contributed by atoms with Crippen LogP contribution < -0.4 is 10.1 Å². The zero-order valence-electron chi connectivity index (χ0n) is 14.4. The van der Waals surface area contributed by atoms with Gasteiger partial charge in [0.15, 0.2) is 0 Å². The number of amides is 1. The predicted octanol–water partition coefficient (Wildman–Crippen LogP) is 2.39. The highest BCUT2D eigenvalue weighted by Gasteiger charge is 2.35. The molecule has 2 heterocycles. The summed E-state index contributed by atoms with van der Waals surface area (Å²) in [7, 11) is 1.51. The highest BCUT2D eigenvalue weighted by atomic mass is 16.5. The fraction of sp³-hybridized carbons (Fsp3) is 0.211. The molecule has 1 aromatic carbocycles. The summed E-state index contributed by atoms with van der Waals surface area (Å²) in [6.07, 6.45) is 0.168. The molecule has 7 nitrogen and oxygen atoms in total. The number of carboxylic acid groups (broad SMARTS) is 1. The van der Waals surface area contributed by atoms with Crippen molar-refractivity contribution in [2.75, 3.05) is 7.11 Å². The molecule has 0 radical (unpaired) electrons. The van der Waals surface area contributed by atoms with Crippen molar-refractivity contribution < 1.29 is 19.4 Å². The minimum absolute atomic E-state index is 0.168. The second kappa shape index (κ2) is 6.87. The van der Waals surface area contributed by atoms with E-state index < -0.39 is 17.4 Å². The molecule has 0 aliphatic rings. The molecule has 0 spiro atoms. The van der Waals surface area contributed by atoms with Gasteiger partial charge in [0.1, 0.15) is 16.9 Å². The number of benzene rings is 1. The van der Waals surface area contributed by atoms with E-state index in [2.05, 4.69) is 15.3 Å². The van der Waals surface area contributed by atoms with Crippen molar-refractivity contribution in [3.8, 4) is 5.88 Å². The molecule has 134 valence electrons. The van der Waals surface area contributed by atoms with Crippen LogP contribution in [0.25, 0.3) is 11.0 Å².